The van der Waals surface area contributed by atoms with E-state index in [1.165, 1.54) is 0 Å². The molecular formula is C8H7Cl2O. The van der Waals surface area contributed by atoms with Crippen molar-refractivity contribution in [2.75, 3.05) is 6.61 Å². The van der Waals surface area contributed by atoms with Gasteiger partial charge in [-0.3, -0.25) is 0 Å². The Kier molecular flexibility index (Phi) is 3.03. The van der Waals surface area contributed by atoms with Gasteiger partial charge in [0, 0.05) is 0 Å². The summed E-state index contributed by atoms with van der Waals surface area (Å²) < 4.78 is 5.18. The molecule has 0 N–H and O–H groups in total. The van der Waals surface area contributed by atoms with Gasteiger partial charge < -0.3 is 4.74 Å². The van der Waals surface area contributed by atoms with Crippen LogP contribution in [0.25, 0.3) is 0 Å². The summed E-state index contributed by atoms with van der Waals surface area (Å²) in [5, 5.41) is 0.999. The number of rotatable bonds is 2. The molecule has 59 valence electrons. The third-order valence-electron chi connectivity index (χ3n) is 1.14. The van der Waals surface area contributed by atoms with E-state index in [9.17, 15) is 0 Å². The Balaban J connectivity index is 3.00. The predicted molar refractivity (Wildman–Crippen MR) is 46.5 cm³/mol. The lowest BCUT2D eigenvalue weighted by Crippen LogP contribution is -1.92. The van der Waals surface area contributed by atoms with E-state index in [4.69, 9.17) is 27.9 Å². The fourth-order valence-corrected chi connectivity index (χ4v) is 1.20. The van der Waals surface area contributed by atoms with Gasteiger partial charge in [-0.15, -0.1) is 0 Å². The zero-order valence-corrected chi connectivity index (χ0v) is 7.54. The van der Waals surface area contributed by atoms with Gasteiger partial charge in [-0.25, -0.2) is 0 Å². The lowest BCUT2D eigenvalue weighted by atomic mass is 10.3. The highest BCUT2D eigenvalue weighted by molar-refractivity contribution is 6.37. The zero-order valence-electron chi connectivity index (χ0n) is 6.03. The quantitative estimate of drug-likeness (QED) is 0.695. The normalized spacial score (nSPS) is 9.73. The third kappa shape index (κ3) is 2.01. The number of benzene rings is 1. The third-order valence-corrected chi connectivity index (χ3v) is 1.70. The van der Waals surface area contributed by atoms with E-state index >= 15 is 0 Å². The monoisotopic (exact) mass is 189 g/mol. The number of hydrogen-bond acceptors (Lipinski definition) is 1. The van der Waals surface area contributed by atoms with Crippen LogP contribution in [0.4, 0.5) is 0 Å². The van der Waals surface area contributed by atoms with Crippen LogP contribution in [0.2, 0.25) is 10.0 Å². The highest BCUT2D eigenvalue weighted by Gasteiger charge is 2.04. The van der Waals surface area contributed by atoms with E-state index < -0.39 is 0 Å². The molecule has 0 saturated heterocycles. The largest absolute Gasteiger partial charge is 0.491 e. The van der Waals surface area contributed by atoms with Crippen molar-refractivity contribution in [3.63, 3.8) is 0 Å². The summed E-state index contributed by atoms with van der Waals surface area (Å²) in [4.78, 5) is 0. The van der Waals surface area contributed by atoms with Gasteiger partial charge in [0.25, 0.3) is 0 Å². The molecule has 0 fully saturated rings. The smallest absolute Gasteiger partial charge is 0.156 e. The lowest BCUT2D eigenvalue weighted by Gasteiger charge is -2.05. The van der Waals surface area contributed by atoms with Crippen molar-refractivity contribution < 1.29 is 4.74 Å². The molecule has 0 saturated carbocycles. The minimum atomic E-state index is 0.499. The summed E-state index contributed by atoms with van der Waals surface area (Å²) in [5.41, 5.74) is 0. The fourth-order valence-electron chi connectivity index (χ4n) is 0.715. The first kappa shape index (κ1) is 8.69. The zero-order chi connectivity index (χ0) is 8.27. The molecule has 0 aliphatic rings. The van der Waals surface area contributed by atoms with E-state index in [0.29, 0.717) is 22.4 Å². The van der Waals surface area contributed by atoms with Crippen LogP contribution in [-0.2, 0) is 0 Å². The molecule has 1 nitrogen and oxygen atoms in total. The van der Waals surface area contributed by atoms with E-state index in [2.05, 4.69) is 6.07 Å². The second kappa shape index (κ2) is 3.84. The second-order valence-electron chi connectivity index (χ2n) is 1.91. The minimum absolute atomic E-state index is 0.499. The number of ether oxygens (including phenoxy) is 1. The highest BCUT2D eigenvalue weighted by Crippen LogP contribution is 2.31. The van der Waals surface area contributed by atoms with Crippen LogP contribution >= 0.6 is 23.2 Å². The summed E-state index contributed by atoms with van der Waals surface area (Å²) in [7, 11) is 0. The Morgan fingerprint density at radius 2 is 1.91 bits per heavy atom. The van der Waals surface area contributed by atoms with E-state index in [-0.39, 0.29) is 0 Å². The number of hydrogen-bond donors (Lipinski definition) is 0. The molecule has 1 aromatic carbocycles. The van der Waals surface area contributed by atoms with E-state index in [1.54, 1.807) is 12.1 Å². The van der Waals surface area contributed by atoms with Crippen molar-refractivity contribution in [2.24, 2.45) is 0 Å². The molecule has 0 atom stereocenters. The van der Waals surface area contributed by atoms with Crippen molar-refractivity contribution in [3.8, 4) is 5.75 Å². The Hall–Kier alpha value is -0.400. The maximum atomic E-state index is 5.77. The van der Waals surface area contributed by atoms with Crippen molar-refractivity contribution in [3.05, 3.63) is 28.2 Å². The topological polar surface area (TPSA) is 9.23 Å². The van der Waals surface area contributed by atoms with Crippen LogP contribution in [0, 0.1) is 6.07 Å². The van der Waals surface area contributed by atoms with Crippen molar-refractivity contribution in [1.29, 1.82) is 0 Å². The highest BCUT2D eigenvalue weighted by atomic mass is 35.5. The van der Waals surface area contributed by atoms with E-state index in [0.717, 1.165) is 0 Å². The van der Waals surface area contributed by atoms with Gasteiger partial charge in [-0.05, 0) is 25.1 Å². The Bertz CT molecular complexity index is 228. The molecule has 1 aromatic rings. The SMILES string of the molecule is CCOc1c(Cl)c[c]cc1Cl. The summed E-state index contributed by atoms with van der Waals surface area (Å²) in [6.45, 7) is 2.44. The molecule has 0 aromatic heterocycles. The summed E-state index contributed by atoms with van der Waals surface area (Å²) in [5.74, 6) is 0.537. The van der Waals surface area contributed by atoms with Gasteiger partial charge in [0.2, 0.25) is 0 Å². The molecule has 3 heteroatoms. The van der Waals surface area contributed by atoms with Crippen LogP contribution < -0.4 is 4.74 Å². The maximum Gasteiger partial charge on any atom is 0.156 e. The maximum absolute atomic E-state index is 5.77. The molecule has 1 radical (unpaired) electrons. The predicted octanol–water partition coefficient (Wildman–Crippen LogP) is 3.19. The molecule has 0 heterocycles. The first-order valence-electron chi connectivity index (χ1n) is 3.23. The molecule has 1 rings (SSSR count). The van der Waals surface area contributed by atoms with Crippen molar-refractivity contribution >= 4 is 23.2 Å². The van der Waals surface area contributed by atoms with Crippen LogP contribution in [-0.4, -0.2) is 6.61 Å². The van der Waals surface area contributed by atoms with Gasteiger partial charge in [0.15, 0.2) is 5.75 Å². The number of halogens is 2. The lowest BCUT2D eigenvalue weighted by molar-refractivity contribution is 0.340. The molecule has 0 bridgehead atoms. The second-order valence-corrected chi connectivity index (χ2v) is 2.73. The summed E-state index contributed by atoms with van der Waals surface area (Å²) in [6, 6.07) is 6.03. The van der Waals surface area contributed by atoms with Gasteiger partial charge in [-0.2, -0.15) is 0 Å². The summed E-state index contributed by atoms with van der Waals surface area (Å²) >= 11 is 11.5. The molecule has 0 unspecified atom stereocenters. The van der Waals surface area contributed by atoms with Gasteiger partial charge in [-0.1, -0.05) is 23.2 Å². The standard InChI is InChI=1S/C8H7Cl2O/c1-2-11-8-6(9)4-3-5-7(8)10/h4-5H,2H2,1H3. The van der Waals surface area contributed by atoms with Crippen molar-refractivity contribution in [1.82, 2.24) is 0 Å². The van der Waals surface area contributed by atoms with Crippen LogP contribution in [0.3, 0.4) is 0 Å². The van der Waals surface area contributed by atoms with Crippen LogP contribution in [0.1, 0.15) is 6.92 Å². The van der Waals surface area contributed by atoms with Crippen LogP contribution in [0.5, 0.6) is 5.75 Å². The van der Waals surface area contributed by atoms with Gasteiger partial charge in [0.05, 0.1) is 16.7 Å². The molecule has 0 amide bonds. The van der Waals surface area contributed by atoms with Crippen molar-refractivity contribution in [2.45, 2.75) is 6.92 Å². The van der Waals surface area contributed by atoms with E-state index in [1.807, 2.05) is 6.92 Å². The average Bonchev–Trinajstić information content (AvgIpc) is 1.97. The fraction of sp³-hybridized carbons (Fsp3) is 0.250. The molecule has 0 spiro atoms. The minimum Gasteiger partial charge on any atom is -0.491 e. The molecular weight excluding hydrogens is 183 g/mol. The summed E-state index contributed by atoms with van der Waals surface area (Å²) in [6.07, 6.45) is 0. The first-order valence-corrected chi connectivity index (χ1v) is 3.99. The average molecular weight is 190 g/mol. The Morgan fingerprint density at radius 1 is 1.36 bits per heavy atom. The van der Waals surface area contributed by atoms with Gasteiger partial charge >= 0.3 is 0 Å². The molecule has 0 aliphatic carbocycles. The molecule has 11 heavy (non-hydrogen) atoms. The Morgan fingerprint density at radius 3 is 2.36 bits per heavy atom. The van der Waals surface area contributed by atoms with Crippen LogP contribution in [0.15, 0.2) is 12.1 Å². The Labute approximate surface area is 75.9 Å². The first-order chi connectivity index (χ1) is 5.25. The van der Waals surface area contributed by atoms with Gasteiger partial charge in [0.1, 0.15) is 0 Å². The molecule has 0 aliphatic heterocycles.